The van der Waals surface area contributed by atoms with Crippen LogP contribution in [-0.2, 0) is 9.59 Å². The molecule has 1 aromatic rings. The monoisotopic (exact) mass is 320 g/mol. The second-order valence-corrected chi connectivity index (χ2v) is 6.87. The van der Waals surface area contributed by atoms with Crippen molar-refractivity contribution in [2.24, 2.45) is 0 Å². The summed E-state index contributed by atoms with van der Waals surface area (Å²) in [5, 5.41) is 0. The van der Waals surface area contributed by atoms with E-state index in [1.807, 2.05) is 38.1 Å². The SMILES string of the molecule is CCCSCC(=O)N1CC(=O)N(c2ccc(C)cc2)CC1C. The molecule has 1 aliphatic heterocycles. The Labute approximate surface area is 136 Å². The molecule has 4 nitrogen and oxygen atoms in total. The van der Waals surface area contributed by atoms with Crippen molar-refractivity contribution >= 4 is 29.3 Å². The first kappa shape index (κ1) is 16.9. The molecule has 1 aromatic carbocycles. The number of piperazine rings is 1. The lowest BCUT2D eigenvalue weighted by atomic mass is 10.1. The Hall–Kier alpha value is -1.49. The number of amides is 2. The Balaban J connectivity index is 2.00. The van der Waals surface area contributed by atoms with Gasteiger partial charge < -0.3 is 9.80 Å². The van der Waals surface area contributed by atoms with Crippen LogP contribution in [0, 0.1) is 6.92 Å². The number of carbonyl (C=O) groups excluding carboxylic acids is 2. The Morgan fingerprint density at radius 1 is 1.32 bits per heavy atom. The van der Waals surface area contributed by atoms with Gasteiger partial charge in [-0.3, -0.25) is 9.59 Å². The van der Waals surface area contributed by atoms with Crippen LogP contribution in [0.1, 0.15) is 25.8 Å². The molecule has 5 heteroatoms. The number of carbonyl (C=O) groups is 2. The fourth-order valence-electron chi connectivity index (χ4n) is 2.55. The largest absolute Gasteiger partial charge is 0.328 e. The second-order valence-electron chi connectivity index (χ2n) is 5.76. The zero-order valence-electron chi connectivity index (χ0n) is 13.5. The first-order chi connectivity index (χ1) is 10.5. The van der Waals surface area contributed by atoms with E-state index in [2.05, 4.69) is 6.92 Å². The maximum Gasteiger partial charge on any atom is 0.246 e. The molecule has 2 amide bonds. The van der Waals surface area contributed by atoms with E-state index in [0.29, 0.717) is 12.3 Å². The minimum atomic E-state index is -0.00389. The van der Waals surface area contributed by atoms with Crippen molar-refractivity contribution in [1.29, 1.82) is 0 Å². The van der Waals surface area contributed by atoms with Gasteiger partial charge in [-0.1, -0.05) is 24.6 Å². The van der Waals surface area contributed by atoms with Gasteiger partial charge in [0.2, 0.25) is 11.8 Å². The number of aryl methyl sites for hydroxylation is 1. The molecule has 1 atom stereocenters. The minimum absolute atomic E-state index is 0.00389. The molecule has 0 radical (unpaired) electrons. The van der Waals surface area contributed by atoms with Crippen LogP contribution in [0.15, 0.2) is 24.3 Å². The second kappa shape index (κ2) is 7.68. The molecular weight excluding hydrogens is 296 g/mol. The average molecular weight is 320 g/mol. The molecule has 22 heavy (non-hydrogen) atoms. The highest BCUT2D eigenvalue weighted by atomic mass is 32.2. The Kier molecular flexibility index (Phi) is 5.89. The van der Waals surface area contributed by atoms with Gasteiger partial charge in [-0.25, -0.2) is 0 Å². The maximum atomic E-state index is 12.4. The fourth-order valence-corrected chi connectivity index (χ4v) is 3.32. The first-order valence-electron chi connectivity index (χ1n) is 7.77. The summed E-state index contributed by atoms with van der Waals surface area (Å²) in [6.07, 6.45) is 1.06. The quantitative estimate of drug-likeness (QED) is 0.783. The topological polar surface area (TPSA) is 40.6 Å². The molecule has 0 saturated carbocycles. The molecule has 1 heterocycles. The predicted molar refractivity (Wildman–Crippen MR) is 92.3 cm³/mol. The predicted octanol–water partition coefficient (Wildman–Crippen LogP) is 2.70. The Morgan fingerprint density at radius 3 is 2.64 bits per heavy atom. The van der Waals surface area contributed by atoms with E-state index in [1.54, 1.807) is 21.6 Å². The van der Waals surface area contributed by atoms with Crippen molar-refractivity contribution in [1.82, 2.24) is 4.90 Å². The zero-order chi connectivity index (χ0) is 16.1. The van der Waals surface area contributed by atoms with Crippen molar-refractivity contribution in [2.75, 3.05) is 29.5 Å². The summed E-state index contributed by atoms with van der Waals surface area (Å²) in [7, 11) is 0. The summed E-state index contributed by atoms with van der Waals surface area (Å²) in [4.78, 5) is 28.1. The summed E-state index contributed by atoms with van der Waals surface area (Å²) >= 11 is 1.64. The molecule has 120 valence electrons. The summed E-state index contributed by atoms with van der Waals surface area (Å²) in [6, 6.07) is 8.00. The van der Waals surface area contributed by atoms with Gasteiger partial charge in [0.15, 0.2) is 0 Å². The number of thioether (sulfide) groups is 1. The summed E-state index contributed by atoms with van der Waals surface area (Å²) in [5.41, 5.74) is 2.08. The molecule has 0 aromatic heterocycles. The fraction of sp³-hybridized carbons (Fsp3) is 0.529. The van der Waals surface area contributed by atoms with Crippen LogP contribution < -0.4 is 4.90 Å². The van der Waals surface area contributed by atoms with E-state index >= 15 is 0 Å². The van der Waals surface area contributed by atoms with Crippen molar-refractivity contribution in [3.63, 3.8) is 0 Å². The van der Waals surface area contributed by atoms with E-state index in [1.165, 1.54) is 5.56 Å². The van der Waals surface area contributed by atoms with E-state index in [0.717, 1.165) is 17.9 Å². The molecule has 0 bridgehead atoms. The van der Waals surface area contributed by atoms with Crippen LogP contribution in [0.3, 0.4) is 0 Å². The van der Waals surface area contributed by atoms with Gasteiger partial charge in [0, 0.05) is 18.3 Å². The summed E-state index contributed by atoms with van der Waals surface area (Å²) < 4.78 is 0. The number of rotatable bonds is 5. The van der Waals surface area contributed by atoms with Gasteiger partial charge in [-0.2, -0.15) is 11.8 Å². The standard InChI is InChI=1S/C17H24N2O2S/c1-4-9-22-12-17(21)18-11-16(20)19(10-14(18)3)15-7-5-13(2)6-8-15/h5-8,14H,4,9-12H2,1-3H3. The lowest BCUT2D eigenvalue weighted by Gasteiger charge is -2.39. The molecule has 1 fully saturated rings. The third-order valence-corrected chi connectivity index (χ3v) is 4.97. The van der Waals surface area contributed by atoms with Crippen LogP contribution in [0.5, 0.6) is 0 Å². The van der Waals surface area contributed by atoms with Crippen LogP contribution in [0.2, 0.25) is 0 Å². The average Bonchev–Trinajstić information content (AvgIpc) is 2.50. The maximum absolute atomic E-state index is 12.4. The molecule has 0 spiro atoms. The number of hydrogen-bond donors (Lipinski definition) is 0. The highest BCUT2D eigenvalue weighted by molar-refractivity contribution is 7.99. The Morgan fingerprint density at radius 2 is 2.00 bits per heavy atom. The van der Waals surface area contributed by atoms with E-state index in [9.17, 15) is 9.59 Å². The molecule has 1 saturated heterocycles. The molecule has 1 aliphatic rings. The first-order valence-corrected chi connectivity index (χ1v) is 8.92. The molecule has 0 aliphatic carbocycles. The van der Waals surface area contributed by atoms with Gasteiger partial charge in [0.1, 0.15) is 6.54 Å². The summed E-state index contributed by atoms with van der Waals surface area (Å²) in [5.74, 6) is 1.52. The van der Waals surface area contributed by atoms with E-state index in [4.69, 9.17) is 0 Å². The number of hydrogen-bond acceptors (Lipinski definition) is 3. The van der Waals surface area contributed by atoms with Gasteiger partial charge in [0.05, 0.1) is 5.75 Å². The minimum Gasteiger partial charge on any atom is -0.328 e. The van der Waals surface area contributed by atoms with Crippen LogP contribution >= 0.6 is 11.8 Å². The van der Waals surface area contributed by atoms with Crippen LogP contribution in [0.25, 0.3) is 0 Å². The van der Waals surface area contributed by atoms with Gasteiger partial charge >= 0.3 is 0 Å². The van der Waals surface area contributed by atoms with E-state index < -0.39 is 0 Å². The lowest BCUT2D eigenvalue weighted by molar-refractivity contribution is -0.137. The summed E-state index contributed by atoms with van der Waals surface area (Å²) in [6.45, 7) is 6.88. The highest BCUT2D eigenvalue weighted by Crippen LogP contribution is 2.21. The van der Waals surface area contributed by atoms with Crippen molar-refractivity contribution in [3.05, 3.63) is 29.8 Å². The molecular formula is C17H24N2O2S. The zero-order valence-corrected chi connectivity index (χ0v) is 14.4. The highest BCUT2D eigenvalue weighted by Gasteiger charge is 2.32. The van der Waals surface area contributed by atoms with Crippen molar-refractivity contribution < 1.29 is 9.59 Å². The molecule has 0 N–H and O–H groups in total. The normalized spacial score (nSPS) is 18.7. The van der Waals surface area contributed by atoms with Gasteiger partial charge in [-0.15, -0.1) is 0 Å². The van der Waals surface area contributed by atoms with Crippen molar-refractivity contribution in [2.45, 2.75) is 33.2 Å². The molecule has 2 rings (SSSR count). The van der Waals surface area contributed by atoms with Gasteiger partial charge in [0.25, 0.3) is 0 Å². The number of anilines is 1. The lowest BCUT2D eigenvalue weighted by Crippen LogP contribution is -2.57. The Bertz CT molecular complexity index is 530. The number of benzene rings is 1. The van der Waals surface area contributed by atoms with Crippen molar-refractivity contribution in [3.8, 4) is 0 Å². The van der Waals surface area contributed by atoms with E-state index in [-0.39, 0.29) is 24.4 Å². The number of nitrogens with zero attached hydrogens (tertiary/aromatic N) is 2. The smallest absolute Gasteiger partial charge is 0.246 e. The van der Waals surface area contributed by atoms with Crippen LogP contribution in [-0.4, -0.2) is 47.4 Å². The third-order valence-electron chi connectivity index (χ3n) is 3.83. The third kappa shape index (κ3) is 4.03. The van der Waals surface area contributed by atoms with Crippen LogP contribution in [0.4, 0.5) is 5.69 Å². The van der Waals surface area contributed by atoms with Gasteiger partial charge in [-0.05, 0) is 38.2 Å². The molecule has 1 unspecified atom stereocenters.